The molecule has 0 aliphatic carbocycles. The molecule has 0 spiro atoms. The number of pyridine rings is 1. The van der Waals surface area contributed by atoms with E-state index in [9.17, 15) is 0 Å². The van der Waals surface area contributed by atoms with Crippen LogP contribution in [0.25, 0.3) is 10.8 Å². The molecule has 0 fully saturated rings. The molecule has 1 aromatic heterocycles. The molecule has 0 amide bonds. The third-order valence-electron chi connectivity index (χ3n) is 2.54. The van der Waals surface area contributed by atoms with Crippen molar-refractivity contribution in [2.45, 2.75) is 20.0 Å². The van der Waals surface area contributed by atoms with E-state index in [0.717, 1.165) is 16.5 Å². The Morgan fingerprint density at radius 3 is 2.44 bits per heavy atom. The van der Waals surface area contributed by atoms with Gasteiger partial charge in [0.1, 0.15) is 5.75 Å². The van der Waals surface area contributed by atoms with Gasteiger partial charge in [0.05, 0.1) is 20.3 Å². The smallest absolute Gasteiger partial charge is 0.224 e. The second kappa shape index (κ2) is 5.12. The van der Waals surface area contributed by atoms with E-state index in [1.165, 1.54) is 0 Å². The highest BCUT2D eigenvalue weighted by Gasteiger charge is 2.11. The van der Waals surface area contributed by atoms with Gasteiger partial charge in [-0.05, 0) is 26.0 Å². The highest BCUT2D eigenvalue weighted by molar-refractivity contribution is 5.92. The average Bonchev–Trinajstić information content (AvgIpc) is 2.37. The zero-order chi connectivity index (χ0) is 13.1. The van der Waals surface area contributed by atoms with Crippen LogP contribution in [0.5, 0.6) is 17.5 Å². The first-order chi connectivity index (χ1) is 8.65. The largest absolute Gasteiger partial charge is 0.490 e. The van der Waals surface area contributed by atoms with Crippen molar-refractivity contribution >= 4 is 10.8 Å². The number of methoxy groups -OCH3 is 2. The lowest BCUT2D eigenvalue weighted by molar-refractivity contribution is 0.245. The van der Waals surface area contributed by atoms with Crippen molar-refractivity contribution in [2.75, 3.05) is 14.2 Å². The molecule has 0 unspecified atom stereocenters. The second-order valence-corrected chi connectivity index (χ2v) is 4.19. The molecule has 0 saturated heterocycles. The molecular formula is C14H17NO3. The third-order valence-corrected chi connectivity index (χ3v) is 2.54. The molecule has 4 nitrogen and oxygen atoms in total. The van der Waals surface area contributed by atoms with E-state index in [-0.39, 0.29) is 6.10 Å². The maximum absolute atomic E-state index is 5.79. The van der Waals surface area contributed by atoms with Gasteiger partial charge in [-0.25, -0.2) is 0 Å². The molecule has 0 saturated carbocycles. The molecule has 0 aliphatic rings. The summed E-state index contributed by atoms with van der Waals surface area (Å²) in [7, 11) is 3.18. The number of benzene rings is 1. The molecule has 4 heteroatoms. The summed E-state index contributed by atoms with van der Waals surface area (Å²) in [5.41, 5.74) is 0. The summed E-state index contributed by atoms with van der Waals surface area (Å²) >= 11 is 0. The van der Waals surface area contributed by atoms with E-state index >= 15 is 0 Å². The standard InChI is InChI=1S/C14H17NO3/c1-9(2)18-12-7-5-6-10-11(12)8-13(16-3)15-14(10)17-4/h5-9H,1-4H3. The Labute approximate surface area is 106 Å². The van der Waals surface area contributed by atoms with Crippen LogP contribution < -0.4 is 14.2 Å². The van der Waals surface area contributed by atoms with Crippen LogP contribution in [0.2, 0.25) is 0 Å². The molecule has 2 rings (SSSR count). The predicted octanol–water partition coefficient (Wildman–Crippen LogP) is 3.04. The fourth-order valence-electron chi connectivity index (χ4n) is 1.81. The lowest BCUT2D eigenvalue weighted by atomic mass is 10.1. The van der Waals surface area contributed by atoms with Crippen LogP contribution in [0.3, 0.4) is 0 Å². The van der Waals surface area contributed by atoms with Gasteiger partial charge in [-0.3, -0.25) is 0 Å². The number of hydrogen-bond acceptors (Lipinski definition) is 4. The fraction of sp³-hybridized carbons (Fsp3) is 0.357. The van der Waals surface area contributed by atoms with Crippen LogP contribution in [0, 0.1) is 0 Å². The lowest BCUT2D eigenvalue weighted by Crippen LogP contribution is -2.06. The second-order valence-electron chi connectivity index (χ2n) is 4.19. The van der Waals surface area contributed by atoms with E-state index in [1.54, 1.807) is 14.2 Å². The van der Waals surface area contributed by atoms with Crippen LogP contribution in [0.15, 0.2) is 24.3 Å². The summed E-state index contributed by atoms with van der Waals surface area (Å²) in [6.45, 7) is 3.99. The van der Waals surface area contributed by atoms with Crippen molar-refractivity contribution in [3.8, 4) is 17.5 Å². The van der Waals surface area contributed by atoms with Crippen LogP contribution >= 0.6 is 0 Å². The van der Waals surface area contributed by atoms with Crippen LogP contribution in [0.1, 0.15) is 13.8 Å². The van der Waals surface area contributed by atoms with Crippen molar-refractivity contribution in [3.05, 3.63) is 24.3 Å². The Bertz CT molecular complexity index is 552. The molecule has 1 aromatic carbocycles. The molecule has 1 heterocycles. The summed E-state index contributed by atoms with van der Waals surface area (Å²) in [4.78, 5) is 4.26. The average molecular weight is 247 g/mol. The van der Waals surface area contributed by atoms with Crippen molar-refractivity contribution < 1.29 is 14.2 Å². The van der Waals surface area contributed by atoms with Crippen molar-refractivity contribution in [1.82, 2.24) is 4.98 Å². The maximum atomic E-state index is 5.79. The quantitative estimate of drug-likeness (QED) is 0.832. The molecule has 0 aliphatic heterocycles. The molecule has 96 valence electrons. The fourth-order valence-corrected chi connectivity index (χ4v) is 1.81. The SMILES string of the molecule is COc1cc2c(OC(C)C)cccc2c(OC)n1. The Morgan fingerprint density at radius 1 is 1.06 bits per heavy atom. The first kappa shape index (κ1) is 12.5. The zero-order valence-electron chi connectivity index (χ0n) is 11.1. The van der Waals surface area contributed by atoms with E-state index in [0.29, 0.717) is 11.8 Å². The van der Waals surface area contributed by atoms with Gasteiger partial charge in [-0.15, -0.1) is 0 Å². The molecule has 2 aromatic rings. The van der Waals surface area contributed by atoms with E-state index < -0.39 is 0 Å². The van der Waals surface area contributed by atoms with Crippen LogP contribution in [-0.2, 0) is 0 Å². The number of nitrogens with zero attached hydrogens (tertiary/aromatic N) is 1. The van der Waals surface area contributed by atoms with Crippen molar-refractivity contribution in [3.63, 3.8) is 0 Å². The maximum Gasteiger partial charge on any atom is 0.224 e. The Kier molecular flexibility index (Phi) is 3.55. The van der Waals surface area contributed by atoms with Crippen LogP contribution in [0.4, 0.5) is 0 Å². The molecule has 0 radical (unpaired) electrons. The first-order valence-electron chi connectivity index (χ1n) is 5.84. The van der Waals surface area contributed by atoms with Gasteiger partial charge >= 0.3 is 0 Å². The van der Waals surface area contributed by atoms with E-state index in [1.807, 2.05) is 38.1 Å². The zero-order valence-corrected chi connectivity index (χ0v) is 11.1. The highest BCUT2D eigenvalue weighted by atomic mass is 16.5. The molecule has 18 heavy (non-hydrogen) atoms. The highest BCUT2D eigenvalue weighted by Crippen LogP contribution is 2.34. The Morgan fingerprint density at radius 2 is 1.83 bits per heavy atom. The van der Waals surface area contributed by atoms with Crippen molar-refractivity contribution in [2.24, 2.45) is 0 Å². The number of fused-ring (bicyclic) bond motifs is 1. The number of aromatic nitrogens is 1. The summed E-state index contributed by atoms with van der Waals surface area (Å²) in [6.07, 6.45) is 0.112. The minimum absolute atomic E-state index is 0.112. The number of ether oxygens (including phenoxy) is 3. The normalized spacial score (nSPS) is 10.7. The van der Waals surface area contributed by atoms with Gasteiger partial charge in [0, 0.05) is 16.8 Å². The molecule has 0 N–H and O–H groups in total. The molecule has 0 atom stereocenters. The molecular weight excluding hydrogens is 230 g/mol. The van der Waals surface area contributed by atoms with Gasteiger partial charge in [0.25, 0.3) is 0 Å². The monoisotopic (exact) mass is 247 g/mol. The lowest BCUT2D eigenvalue weighted by Gasteiger charge is -2.14. The summed E-state index contributed by atoms with van der Waals surface area (Å²) in [5.74, 6) is 1.86. The van der Waals surface area contributed by atoms with Gasteiger partial charge in [-0.2, -0.15) is 4.98 Å². The number of hydrogen-bond donors (Lipinski definition) is 0. The van der Waals surface area contributed by atoms with Gasteiger partial charge in [0.15, 0.2) is 0 Å². The van der Waals surface area contributed by atoms with E-state index in [4.69, 9.17) is 14.2 Å². The van der Waals surface area contributed by atoms with Gasteiger partial charge < -0.3 is 14.2 Å². The van der Waals surface area contributed by atoms with Gasteiger partial charge in [-0.1, -0.05) is 6.07 Å². The minimum Gasteiger partial charge on any atom is -0.490 e. The Balaban J connectivity index is 2.66. The van der Waals surface area contributed by atoms with Crippen molar-refractivity contribution in [1.29, 1.82) is 0 Å². The third kappa shape index (κ3) is 2.32. The summed E-state index contributed by atoms with van der Waals surface area (Å²) < 4.78 is 16.2. The minimum atomic E-state index is 0.112. The van der Waals surface area contributed by atoms with Gasteiger partial charge in [0.2, 0.25) is 11.8 Å². The summed E-state index contributed by atoms with van der Waals surface area (Å²) in [5, 5.41) is 1.85. The topological polar surface area (TPSA) is 40.6 Å². The number of rotatable bonds is 4. The van der Waals surface area contributed by atoms with E-state index in [2.05, 4.69) is 4.98 Å². The first-order valence-corrected chi connectivity index (χ1v) is 5.84. The van der Waals surface area contributed by atoms with Crippen LogP contribution in [-0.4, -0.2) is 25.3 Å². The Hall–Kier alpha value is -1.97. The molecule has 0 bridgehead atoms. The predicted molar refractivity (Wildman–Crippen MR) is 70.6 cm³/mol. The summed E-state index contributed by atoms with van der Waals surface area (Å²) in [6, 6.07) is 7.67.